The Morgan fingerprint density at radius 1 is 1.16 bits per heavy atom. The average Bonchev–Trinajstić information content (AvgIpc) is 2.42. The Morgan fingerprint density at radius 2 is 1.79 bits per heavy atom. The number of benzene rings is 1. The molecular formula is C16H26N2O. The van der Waals surface area contributed by atoms with Crippen molar-refractivity contribution in [3.05, 3.63) is 35.9 Å². The fourth-order valence-corrected chi connectivity index (χ4v) is 2.04. The Kier molecular flexibility index (Phi) is 6.57. The zero-order chi connectivity index (χ0) is 14.3. The Balaban J connectivity index is 2.67. The molecule has 19 heavy (non-hydrogen) atoms. The van der Waals surface area contributed by atoms with Crippen LogP contribution in [0.4, 0.5) is 0 Å². The summed E-state index contributed by atoms with van der Waals surface area (Å²) >= 11 is 0. The van der Waals surface area contributed by atoms with Gasteiger partial charge in [-0.3, -0.25) is 4.79 Å². The number of nitrogens with one attached hydrogen (secondary N) is 2. The number of hydrogen-bond donors (Lipinski definition) is 2. The van der Waals surface area contributed by atoms with Crippen molar-refractivity contribution in [2.24, 2.45) is 11.8 Å². The predicted molar refractivity (Wildman–Crippen MR) is 79.9 cm³/mol. The molecule has 106 valence electrons. The van der Waals surface area contributed by atoms with Crippen molar-refractivity contribution in [2.45, 2.75) is 33.7 Å². The summed E-state index contributed by atoms with van der Waals surface area (Å²) in [6.45, 7) is 9.89. The van der Waals surface area contributed by atoms with Gasteiger partial charge >= 0.3 is 0 Å². The van der Waals surface area contributed by atoms with Gasteiger partial charge in [0.05, 0.1) is 6.04 Å². The molecule has 3 heteroatoms. The molecule has 0 fully saturated rings. The van der Waals surface area contributed by atoms with Gasteiger partial charge in [-0.2, -0.15) is 0 Å². The molecule has 0 saturated heterocycles. The second-order valence-electron chi connectivity index (χ2n) is 5.35. The van der Waals surface area contributed by atoms with Crippen LogP contribution < -0.4 is 10.6 Å². The number of rotatable bonds is 7. The Hall–Kier alpha value is -1.35. The molecule has 2 atom stereocenters. The first-order valence-corrected chi connectivity index (χ1v) is 7.12. The van der Waals surface area contributed by atoms with Crippen LogP contribution in [0, 0.1) is 11.8 Å². The standard InChI is InChI=1S/C16H26N2O/c1-5-17-11-13(4)16(19)18-15(12(2)3)14-9-7-6-8-10-14/h6-10,12-13,15,17H,5,11H2,1-4H3,(H,18,19). The lowest BCUT2D eigenvalue weighted by Gasteiger charge is -2.25. The minimum atomic E-state index is -0.00934. The lowest BCUT2D eigenvalue weighted by molar-refractivity contribution is -0.125. The molecule has 2 unspecified atom stereocenters. The van der Waals surface area contributed by atoms with E-state index in [2.05, 4.69) is 36.6 Å². The molecule has 1 aromatic rings. The summed E-state index contributed by atoms with van der Waals surface area (Å²) in [5.41, 5.74) is 1.17. The molecule has 0 aromatic heterocycles. The maximum Gasteiger partial charge on any atom is 0.224 e. The summed E-state index contributed by atoms with van der Waals surface area (Å²) < 4.78 is 0. The van der Waals surface area contributed by atoms with Gasteiger partial charge in [0.15, 0.2) is 0 Å². The number of carbonyl (C=O) groups excluding carboxylic acids is 1. The zero-order valence-corrected chi connectivity index (χ0v) is 12.4. The fraction of sp³-hybridized carbons (Fsp3) is 0.562. The monoisotopic (exact) mass is 262 g/mol. The largest absolute Gasteiger partial charge is 0.349 e. The summed E-state index contributed by atoms with van der Waals surface area (Å²) in [7, 11) is 0. The van der Waals surface area contributed by atoms with Crippen LogP contribution in [-0.4, -0.2) is 19.0 Å². The van der Waals surface area contributed by atoms with Gasteiger partial charge < -0.3 is 10.6 Å². The third-order valence-corrected chi connectivity index (χ3v) is 3.27. The van der Waals surface area contributed by atoms with Gasteiger partial charge in [-0.25, -0.2) is 0 Å². The van der Waals surface area contributed by atoms with E-state index in [4.69, 9.17) is 0 Å². The lowest BCUT2D eigenvalue weighted by Crippen LogP contribution is -2.39. The van der Waals surface area contributed by atoms with Crippen molar-refractivity contribution in [3.63, 3.8) is 0 Å². The molecule has 0 aliphatic carbocycles. The number of amides is 1. The zero-order valence-electron chi connectivity index (χ0n) is 12.4. The van der Waals surface area contributed by atoms with E-state index in [9.17, 15) is 4.79 Å². The molecule has 0 spiro atoms. The Bertz CT molecular complexity index is 376. The van der Waals surface area contributed by atoms with Gasteiger partial charge in [0.2, 0.25) is 5.91 Å². The van der Waals surface area contributed by atoms with E-state index in [0.717, 1.165) is 13.1 Å². The predicted octanol–water partition coefficient (Wildman–Crippen LogP) is 2.75. The van der Waals surface area contributed by atoms with Gasteiger partial charge in [-0.15, -0.1) is 0 Å². The van der Waals surface area contributed by atoms with Crippen LogP contribution in [0.3, 0.4) is 0 Å². The molecule has 1 aromatic carbocycles. The summed E-state index contributed by atoms with van der Waals surface area (Å²) in [6, 6.07) is 10.2. The summed E-state index contributed by atoms with van der Waals surface area (Å²) in [5, 5.41) is 6.37. The van der Waals surface area contributed by atoms with E-state index < -0.39 is 0 Å². The van der Waals surface area contributed by atoms with Crippen LogP contribution >= 0.6 is 0 Å². The Labute approximate surface area is 116 Å². The van der Waals surface area contributed by atoms with Crippen LogP contribution in [0.25, 0.3) is 0 Å². The summed E-state index contributed by atoms with van der Waals surface area (Å²) in [4.78, 5) is 12.2. The highest BCUT2D eigenvalue weighted by atomic mass is 16.1. The van der Waals surface area contributed by atoms with Crippen LogP contribution in [0.1, 0.15) is 39.3 Å². The van der Waals surface area contributed by atoms with E-state index in [1.165, 1.54) is 5.56 Å². The molecule has 0 radical (unpaired) electrons. The fourth-order valence-electron chi connectivity index (χ4n) is 2.04. The number of carbonyl (C=O) groups is 1. The van der Waals surface area contributed by atoms with Crippen molar-refractivity contribution < 1.29 is 4.79 Å². The van der Waals surface area contributed by atoms with Crippen molar-refractivity contribution in [2.75, 3.05) is 13.1 Å². The maximum absolute atomic E-state index is 12.2. The molecule has 0 bridgehead atoms. The maximum atomic E-state index is 12.2. The second-order valence-corrected chi connectivity index (χ2v) is 5.35. The minimum Gasteiger partial charge on any atom is -0.349 e. The molecule has 1 amide bonds. The van der Waals surface area contributed by atoms with Gasteiger partial charge in [-0.1, -0.05) is 58.0 Å². The molecule has 0 heterocycles. The average molecular weight is 262 g/mol. The highest BCUT2D eigenvalue weighted by Gasteiger charge is 2.21. The molecular weight excluding hydrogens is 236 g/mol. The highest BCUT2D eigenvalue weighted by Crippen LogP contribution is 2.21. The van der Waals surface area contributed by atoms with Crippen molar-refractivity contribution in [1.29, 1.82) is 0 Å². The van der Waals surface area contributed by atoms with E-state index in [1.54, 1.807) is 0 Å². The van der Waals surface area contributed by atoms with Crippen molar-refractivity contribution in [1.82, 2.24) is 10.6 Å². The first-order chi connectivity index (χ1) is 9.06. The van der Waals surface area contributed by atoms with E-state index in [0.29, 0.717) is 5.92 Å². The molecule has 1 rings (SSSR count). The summed E-state index contributed by atoms with van der Waals surface area (Å²) in [5.74, 6) is 0.478. The smallest absolute Gasteiger partial charge is 0.224 e. The third-order valence-electron chi connectivity index (χ3n) is 3.27. The van der Waals surface area contributed by atoms with E-state index in [-0.39, 0.29) is 17.9 Å². The topological polar surface area (TPSA) is 41.1 Å². The number of hydrogen-bond acceptors (Lipinski definition) is 2. The third kappa shape index (κ3) is 5.03. The first kappa shape index (κ1) is 15.7. The normalized spacial score (nSPS) is 14.2. The lowest BCUT2D eigenvalue weighted by atomic mass is 9.95. The van der Waals surface area contributed by atoms with Crippen molar-refractivity contribution >= 4 is 5.91 Å². The molecule has 0 aliphatic heterocycles. The highest BCUT2D eigenvalue weighted by molar-refractivity contribution is 5.79. The first-order valence-electron chi connectivity index (χ1n) is 7.12. The van der Waals surface area contributed by atoms with E-state index in [1.807, 2.05) is 32.0 Å². The van der Waals surface area contributed by atoms with Crippen LogP contribution in [-0.2, 0) is 4.79 Å². The van der Waals surface area contributed by atoms with Crippen molar-refractivity contribution in [3.8, 4) is 0 Å². The van der Waals surface area contributed by atoms with Crippen LogP contribution in [0.5, 0.6) is 0 Å². The molecule has 2 N–H and O–H groups in total. The SMILES string of the molecule is CCNCC(C)C(=O)NC(c1ccccc1)C(C)C. The second kappa shape index (κ2) is 7.95. The summed E-state index contributed by atoms with van der Waals surface area (Å²) in [6.07, 6.45) is 0. The Morgan fingerprint density at radius 3 is 2.32 bits per heavy atom. The minimum absolute atomic E-state index is 0.00934. The quantitative estimate of drug-likeness (QED) is 0.793. The van der Waals surface area contributed by atoms with Crippen LogP contribution in [0.2, 0.25) is 0 Å². The van der Waals surface area contributed by atoms with E-state index >= 15 is 0 Å². The van der Waals surface area contributed by atoms with Gasteiger partial charge in [0.25, 0.3) is 0 Å². The molecule has 3 nitrogen and oxygen atoms in total. The van der Waals surface area contributed by atoms with Gasteiger partial charge in [-0.05, 0) is 18.0 Å². The van der Waals surface area contributed by atoms with Crippen LogP contribution in [0.15, 0.2) is 30.3 Å². The van der Waals surface area contributed by atoms with Gasteiger partial charge in [0, 0.05) is 12.5 Å². The van der Waals surface area contributed by atoms with Gasteiger partial charge in [0.1, 0.15) is 0 Å². The molecule has 0 aliphatic rings. The molecule has 0 saturated carbocycles.